The van der Waals surface area contributed by atoms with E-state index in [0.29, 0.717) is 11.4 Å². The number of carbonyl (C=O) groups is 2. The minimum absolute atomic E-state index is 0.0711. The molecule has 1 fully saturated rings. The number of carbonyl (C=O) groups excluding carboxylic acids is 1. The number of aromatic nitrogens is 3. The van der Waals surface area contributed by atoms with Crippen LogP contribution in [0.15, 0.2) is 30.7 Å². The van der Waals surface area contributed by atoms with Gasteiger partial charge in [0.2, 0.25) is 5.67 Å². The van der Waals surface area contributed by atoms with Gasteiger partial charge in [-0.15, -0.1) is 0 Å². The number of aliphatic carboxylic acids is 1. The molecule has 1 atom stereocenters. The van der Waals surface area contributed by atoms with Crippen molar-refractivity contribution in [3.8, 4) is 5.82 Å². The van der Waals surface area contributed by atoms with Gasteiger partial charge in [0, 0.05) is 32.4 Å². The fraction of sp³-hybridized carbons (Fsp3) is 0.357. The maximum Gasteiger partial charge on any atom is 0.343 e. The summed E-state index contributed by atoms with van der Waals surface area (Å²) in [6.07, 6.45) is 4.76. The standard InChI is InChI=1S/C14H15FN4O3/c1-17-11(18-5-2-3-6-18)10(8-16-17)12(20)19-7-4-14(15,9-19)13(21)22/h2-3,5-6,8H,4,7,9H2,1H3,(H,21,22). The highest BCUT2D eigenvalue weighted by Gasteiger charge is 2.47. The molecular formula is C14H15FN4O3. The lowest BCUT2D eigenvalue weighted by Crippen LogP contribution is -2.39. The van der Waals surface area contributed by atoms with Gasteiger partial charge in [-0.25, -0.2) is 9.18 Å². The Morgan fingerprint density at radius 3 is 2.64 bits per heavy atom. The van der Waals surface area contributed by atoms with Crippen molar-refractivity contribution in [1.29, 1.82) is 0 Å². The van der Waals surface area contributed by atoms with E-state index < -0.39 is 24.1 Å². The van der Waals surface area contributed by atoms with Crippen LogP contribution in [0.4, 0.5) is 4.39 Å². The van der Waals surface area contributed by atoms with Gasteiger partial charge in [-0.2, -0.15) is 5.10 Å². The Balaban J connectivity index is 1.90. The third-order valence-electron chi connectivity index (χ3n) is 3.88. The highest BCUT2D eigenvalue weighted by molar-refractivity contribution is 5.98. The van der Waals surface area contributed by atoms with E-state index in [9.17, 15) is 14.0 Å². The predicted molar refractivity (Wildman–Crippen MR) is 74.5 cm³/mol. The second-order valence-corrected chi connectivity index (χ2v) is 5.34. The SMILES string of the molecule is Cn1ncc(C(=O)N2CCC(F)(C(=O)O)C2)c1-n1cccc1. The minimum atomic E-state index is -2.37. The molecule has 3 rings (SSSR count). The Morgan fingerprint density at radius 2 is 2.05 bits per heavy atom. The third-order valence-corrected chi connectivity index (χ3v) is 3.88. The number of amides is 1. The highest BCUT2D eigenvalue weighted by Crippen LogP contribution is 2.28. The van der Waals surface area contributed by atoms with E-state index in [4.69, 9.17) is 5.11 Å². The van der Waals surface area contributed by atoms with Crippen molar-refractivity contribution in [2.24, 2.45) is 7.05 Å². The first-order valence-electron chi connectivity index (χ1n) is 6.79. The molecule has 1 unspecified atom stereocenters. The molecule has 0 aliphatic carbocycles. The number of aryl methyl sites for hydroxylation is 1. The number of rotatable bonds is 3. The monoisotopic (exact) mass is 306 g/mol. The number of hydrogen-bond acceptors (Lipinski definition) is 3. The van der Waals surface area contributed by atoms with Crippen LogP contribution in [0.3, 0.4) is 0 Å². The minimum Gasteiger partial charge on any atom is -0.479 e. The van der Waals surface area contributed by atoms with Crippen LogP contribution in [-0.2, 0) is 11.8 Å². The van der Waals surface area contributed by atoms with Crippen molar-refractivity contribution in [3.63, 3.8) is 0 Å². The molecular weight excluding hydrogens is 291 g/mol. The highest BCUT2D eigenvalue weighted by atomic mass is 19.1. The smallest absolute Gasteiger partial charge is 0.343 e. The fourth-order valence-corrected chi connectivity index (χ4v) is 2.65. The lowest BCUT2D eigenvalue weighted by molar-refractivity contribution is -0.149. The average Bonchev–Trinajstić information content (AvgIpc) is 3.17. The summed E-state index contributed by atoms with van der Waals surface area (Å²) >= 11 is 0. The van der Waals surface area contributed by atoms with Gasteiger partial charge in [-0.05, 0) is 12.1 Å². The summed E-state index contributed by atoms with van der Waals surface area (Å²) in [5.74, 6) is -1.39. The summed E-state index contributed by atoms with van der Waals surface area (Å²) in [7, 11) is 1.70. The molecule has 2 aromatic rings. The first kappa shape index (κ1) is 14.3. The van der Waals surface area contributed by atoms with E-state index in [1.165, 1.54) is 11.1 Å². The Kier molecular flexibility index (Phi) is 3.23. The molecule has 1 saturated heterocycles. The molecule has 2 aromatic heterocycles. The molecule has 0 radical (unpaired) electrons. The molecule has 116 valence electrons. The predicted octanol–water partition coefficient (Wildman–Crippen LogP) is 0.850. The number of hydrogen-bond donors (Lipinski definition) is 1. The second-order valence-electron chi connectivity index (χ2n) is 5.34. The Hall–Kier alpha value is -2.64. The van der Waals surface area contributed by atoms with Crippen molar-refractivity contribution >= 4 is 11.9 Å². The molecule has 0 bridgehead atoms. The Bertz CT molecular complexity index is 725. The van der Waals surface area contributed by atoms with E-state index in [1.54, 1.807) is 28.7 Å². The van der Waals surface area contributed by atoms with Crippen LogP contribution < -0.4 is 0 Å². The topological polar surface area (TPSA) is 80.4 Å². The van der Waals surface area contributed by atoms with E-state index in [-0.39, 0.29) is 13.0 Å². The van der Waals surface area contributed by atoms with Gasteiger partial charge in [0.25, 0.3) is 5.91 Å². The van der Waals surface area contributed by atoms with Gasteiger partial charge in [0.15, 0.2) is 0 Å². The van der Waals surface area contributed by atoms with E-state index >= 15 is 0 Å². The summed E-state index contributed by atoms with van der Waals surface area (Å²) in [6, 6.07) is 3.63. The second kappa shape index (κ2) is 4.97. The van der Waals surface area contributed by atoms with Crippen LogP contribution in [0.5, 0.6) is 0 Å². The van der Waals surface area contributed by atoms with Crippen LogP contribution in [0, 0.1) is 0 Å². The molecule has 3 heterocycles. The zero-order valence-electron chi connectivity index (χ0n) is 11.9. The zero-order chi connectivity index (χ0) is 15.9. The first-order valence-corrected chi connectivity index (χ1v) is 6.79. The van der Waals surface area contributed by atoms with Crippen molar-refractivity contribution < 1.29 is 19.1 Å². The fourth-order valence-electron chi connectivity index (χ4n) is 2.65. The lowest BCUT2D eigenvalue weighted by Gasteiger charge is -2.18. The van der Waals surface area contributed by atoms with E-state index in [2.05, 4.69) is 5.10 Å². The molecule has 8 heteroatoms. The van der Waals surface area contributed by atoms with Crippen molar-refractivity contribution in [1.82, 2.24) is 19.2 Å². The van der Waals surface area contributed by atoms with Gasteiger partial charge in [-0.1, -0.05) is 0 Å². The van der Waals surface area contributed by atoms with Gasteiger partial charge in [-0.3, -0.25) is 9.48 Å². The molecule has 1 aliphatic heterocycles. The summed E-state index contributed by atoms with van der Waals surface area (Å²) < 4.78 is 17.4. The van der Waals surface area contributed by atoms with Gasteiger partial charge in [0.05, 0.1) is 12.7 Å². The first-order chi connectivity index (χ1) is 10.4. The number of carboxylic acid groups (broad SMARTS) is 1. The molecule has 1 N–H and O–H groups in total. The normalized spacial score (nSPS) is 21.3. The van der Waals surface area contributed by atoms with Crippen LogP contribution in [0.1, 0.15) is 16.8 Å². The Morgan fingerprint density at radius 1 is 1.36 bits per heavy atom. The average molecular weight is 306 g/mol. The molecule has 0 aromatic carbocycles. The molecule has 22 heavy (non-hydrogen) atoms. The van der Waals surface area contributed by atoms with Crippen LogP contribution in [-0.4, -0.2) is 55.0 Å². The molecule has 0 spiro atoms. The third kappa shape index (κ3) is 2.16. The van der Waals surface area contributed by atoms with Crippen molar-refractivity contribution in [2.45, 2.75) is 12.1 Å². The lowest BCUT2D eigenvalue weighted by atomic mass is 10.1. The Labute approximate surface area is 125 Å². The maximum atomic E-state index is 14.1. The van der Waals surface area contributed by atoms with E-state index in [0.717, 1.165) is 0 Å². The number of nitrogens with zero attached hydrogens (tertiary/aromatic N) is 4. The largest absolute Gasteiger partial charge is 0.479 e. The zero-order valence-corrected chi connectivity index (χ0v) is 11.9. The number of carboxylic acids is 1. The number of alkyl halides is 1. The molecule has 1 aliphatic rings. The van der Waals surface area contributed by atoms with Gasteiger partial charge >= 0.3 is 5.97 Å². The molecule has 1 amide bonds. The van der Waals surface area contributed by atoms with Crippen LogP contribution in [0.2, 0.25) is 0 Å². The van der Waals surface area contributed by atoms with E-state index in [1.807, 2.05) is 12.1 Å². The van der Waals surface area contributed by atoms with Crippen molar-refractivity contribution in [3.05, 3.63) is 36.3 Å². The van der Waals surface area contributed by atoms with Gasteiger partial charge < -0.3 is 14.6 Å². The molecule has 0 saturated carbocycles. The summed E-state index contributed by atoms with van der Waals surface area (Å²) in [6.45, 7) is -0.372. The van der Waals surface area contributed by atoms with Gasteiger partial charge in [0.1, 0.15) is 11.4 Å². The summed E-state index contributed by atoms with van der Waals surface area (Å²) in [5.41, 5.74) is -2.06. The molecule has 7 nitrogen and oxygen atoms in total. The van der Waals surface area contributed by atoms with Crippen LogP contribution in [0.25, 0.3) is 5.82 Å². The number of likely N-dealkylation sites (tertiary alicyclic amines) is 1. The summed E-state index contributed by atoms with van der Waals surface area (Å²) in [5, 5.41) is 13.0. The summed E-state index contributed by atoms with van der Waals surface area (Å²) in [4.78, 5) is 24.8. The van der Waals surface area contributed by atoms with Crippen LogP contribution >= 0.6 is 0 Å². The maximum absolute atomic E-state index is 14.1. The number of halogens is 1. The quantitative estimate of drug-likeness (QED) is 0.911. The van der Waals surface area contributed by atoms with Crippen molar-refractivity contribution in [2.75, 3.05) is 13.1 Å².